The van der Waals surface area contributed by atoms with Crippen molar-refractivity contribution < 1.29 is 0 Å². The molecule has 0 N–H and O–H groups in total. The van der Waals surface area contributed by atoms with E-state index in [9.17, 15) is 0 Å². The second-order valence-electron chi connectivity index (χ2n) is 2.82. The summed E-state index contributed by atoms with van der Waals surface area (Å²) in [5.41, 5.74) is 1.37. The topological polar surface area (TPSA) is 49.6 Å². The van der Waals surface area contributed by atoms with Crippen LogP contribution in [0.25, 0.3) is 0 Å². The van der Waals surface area contributed by atoms with Crippen LogP contribution in [0.5, 0.6) is 0 Å². The lowest BCUT2D eigenvalue weighted by atomic mass is 10.2. The number of rotatable bonds is 1. The molecular formula is C8H6ClN3. The molecular weight excluding hydrogens is 174 g/mol. The summed E-state index contributed by atoms with van der Waals surface area (Å²) in [7, 11) is 0. The molecule has 0 unspecified atom stereocenters. The molecule has 12 heavy (non-hydrogen) atoms. The Labute approximate surface area is 75.0 Å². The summed E-state index contributed by atoms with van der Waals surface area (Å²) in [6.07, 6.45) is 3.72. The van der Waals surface area contributed by atoms with Gasteiger partial charge < -0.3 is 0 Å². The molecule has 2 rings (SSSR count). The molecule has 0 spiro atoms. The highest BCUT2D eigenvalue weighted by Crippen LogP contribution is 2.40. The van der Waals surface area contributed by atoms with Gasteiger partial charge in [-0.05, 0) is 24.4 Å². The van der Waals surface area contributed by atoms with Crippen molar-refractivity contribution in [3.63, 3.8) is 0 Å². The van der Waals surface area contributed by atoms with Gasteiger partial charge in [0.2, 0.25) is 5.28 Å². The highest BCUT2D eigenvalue weighted by atomic mass is 35.5. The summed E-state index contributed by atoms with van der Waals surface area (Å²) in [6.45, 7) is 0. The van der Waals surface area contributed by atoms with Gasteiger partial charge in [0.05, 0.1) is 11.3 Å². The van der Waals surface area contributed by atoms with Crippen molar-refractivity contribution in [3.8, 4) is 6.07 Å². The summed E-state index contributed by atoms with van der Waals surface area (Å²) >= 11 is 5.61. The number of hydrogen-bond acceptors (Lipinski definition) is 3. The third-order valence-corrected chi connectivity index (χ3v) is 2.06. The lowest BCUT2D eigenvalue weighted by Crippen LogP contribution is -1.94. The third kappa shape index (κ3) is 1.26. The van der Waals surface area contributed by atoms with Crippen LogP contribution in [-0.2, 0) is 0 Å². The van der Waals surface area contributed by atoms with Crippen molar-refractivity contribution in [1.29, 1.82) is 5.26 Å². The molecule has 4 heteroatoms. The largest absolute Gasteiger partial charge is 0.225 e. The van der Waals surface area contributed by atoms with Crippen LogP contribution in [0, 0.1) is 11.3 Å². The van der Waals surface area contributed by atoms with Crippen molar-refractivity contribution in [3.05, 3.63) is 22.7 Å². The zero-order valence-corrected chi connectivity index (χ0v) is 7.04. The van der Waals surface area contributed by atoms with Gasteiger partial charge in [-0.25, -0.2) is 9.97 Å². The molecule has 0 atom stereocenters. The summed E-state index contributed by atoms with van der Waals surface area (Å²) < 4.78 is 0. The van der Waals surface area contributed by atoms with Crippen LogP contribution in [0.15, 0.2) is 6.20 Å². The van der Waals surface area contributed by atoms with Gasteiger partial charge in [0.15, 0.2) is 0 Å². The molecule has 1 aromatic heterocycles. The molecule has 0 aliphatic heterocycles. The van der Waals surface area contributed by atoms with E-state index in [1.807, 2.05) is 0 Å². The first kappa shape index (κ1) is 7.51. The summed E-state index contributed by atoms with van der Waals surface area (Å²) in [6, 6.07) is 2.06. The molecule has 1 aromatic rings. The van der Waals surface area contributed by atoms with Gasteiger partial charge in [0.25, 0.3) is 0 Å². The van der Waals surface area contributed by atoms with Gasteiger partial charge in [-0.3, -0.25) is 0 Å². The molecule has 1 aliphatic carbocycles. The van der Waals surface area contributed by atoms with Gasteiger partial charge in [0, 0.05) is 12.1 Å². The highest BCUT2D eigenvalue weighted by Gasteiger charge is 2.28. The van der Waals surface area contributed by atoms with E-state index in [0.717, 1.165) is 18.5 Å². The van der Waals surface area contributed by atoms with Crippen molar-refractivity contribution in [2.75, 3.05) is 0 Å². The first-order valence-corrected chi connectivity index (χ1v) is 4.11. The molecule has 1 fully saturated rings. The van der Waals surface area contributed by atoms with Gasteiger partial charge >= 0.3 is 0 Å². The van der Waals surface area contributed by atoms with E-state index in [1.165, 1.54) is 6.20 Å². The highest BCUT2D eigenvalue weighted by molar-refractivity contribution is 6.28. The number of nitrogens with zero attached hydrogens (tertiary/aromatic N) is 3. The summed E-state index contributed by atoms with van der Waals surface area (Å²) in [4.78, 5) is 7.79. The Morgan fingerprint density at radius 2 is 2.33 bits per heavy atom. The maximum atomic E-state index is 8.71. The fraction of sp³-hybridized carbons (Fsp3) is 0.375. The molecule has 1 aliphatic rings. The van der Waals surface area contributed by atoms with Crippen molar-refractivity contribution in [2.45, 2.75) is 18.8 Å². The normalized spacial score (nSPS) is 15.7. The molecule has 1 saturated carbocycles. The average Bonchev–Trinajstić information content (AvgIpc) is 2.87. The van der Waals surface area contributed by atoms with E-state index < -0.39 is 0 Å². The van der Waals surface area contributed by atoms with Crippen LogP contribution in [-0.4, -0.2) is 9.97 Å². The van der Waals surface area contributed by atoms with Gasteiger partial charge in [-0.15, -0.1) is 0 Å². The monoisotopic (exact) mass is 179 g/mol. The van der Waals surface area contributed by atoms with Crippen LogP contribution in [0.2, 0.25) is 5.28 Å². The minimum atomic E-state index is 0.232. The van der Waals surface area contributed by atoms with Gasteiger partial charge in [0.1, 0.15) is 6.07 Å². The number of aromatic nitrogens is 2. The molecule has 3 nitrogen and oxygen atoms in total. The SMILES string of the molecule is N#Cc1cnc(Cl)nc1C1CC1. The lowest BCUT2D eigenvalue weighted by molar-refractivity contribution is 0.976. The predicted molar refractivity (Wildman–Crippen MR) is 43.7 cm³/mol. The van der Waals surface area contributed by atoms with Gasteiger partial charge in [-0.1, -0.05) is 0 Å². The van der Waals surface area contributed by atoms with Gasteiger partial charge in [-0.2, -0.15) is 5.26 Å². The number of hydrogen-bond donors (Lipinski definition) is 0. The van der Waals surface area contributed by atoms with Crippen molar-refractivity contribution in [1.82, 2.24) is 9.97 Å². The Morgan fingerprint density at radius 1 is 1.58 bits per heavy atom. The van der Waals surface area contributed by atoms with Crippen molar-refractivity contribution in [2.24, 2.45) is 0 Å². The molecule has 60 valence electrons. The van der Waals surface area contributed by atoms with E-state index >= 15 is 0 Å². The zero-order chi connectivity index (χ0) is 8.55. The van der Waals surface area contributed by atoms with E-state index in [-0.39, 0.29) is 5.28 Å². The Bertz CT molecular complexity index is 352. The van der Waals surface area contributed by atoms with E-state index in [4.69, 9.17) is 16.9 Å². The first-order valence-electron chi connectivity index (χ1n) is 3.74. The Balaban J connectivity index is 2.48. The fourth-order valence-electron chi connectivity index (χ4n) is 1.13. The molecule has 1 heterocycles. The van der Waals surface area contributed by atoms with Crippen molar-refractivity contribution >= 4 is 11.6 Å². The van der Waals surface area contributed by atoms with Crippen LogP contribution in [0.3, 0.4) is 0 Å². The van der Waals surface area contributed by atoms with E-state index in [2.05, 4.69) is 16.0 Å². The Kier molecular flexibility index (Phi) is 1.70. The third-order valence-electron chi connectivity index (χ3n) is 1.87. The second-order valence-corrected chi connectivity index (χ2v) is 3.16. The standard InChI is InChI=1S/C8H6ClN3/c9-8-11-4-6(3-10)7(12-8)5-1-2-5/h4-5H,1-2H2. The molecule has 0 saturated heterocycles. The molecule has 0 amide bonds. The maximum Gasteiger partial charge on any atom is 0.222 e. The van der Waals surface area contributed by atoms with E-state index in [0.29, 0.717) is 11.5 Å². The molecule has 0 radical (unpaired) electrons. The zero-order valence-electron chi connectivity index (χ0n) is 6.29. The summed E-state index contributed by atoms with van der Waals surface area (Å²) in [5, 5.41) is 8.95. The average molecular weight is 180 g/mol. The van der Waals surface area contributed by atoms with Crippen LogP contribution in [0.4, 0.5) is 0 Å². The smallest absolute Gasteiger partial charge is 0.222 e. The predicted octanol–water partition coefficient (Wildman–Crippen LogP) is 1.88. The fourth-order valence-corrected chi connectivity index (χ4v) is 1.27. The Hall–Kier alpha value is -1.14. The van der Waals surface area contributed by atoms with Crippen LogP contribution >= 0.6 is 11.6 Å². The quantitative estimate of drug-likeness (QED) is 0.619. The minimum Gasteiger partial charge on any atom is -0.225 e. The Morgan fingerprint density at radius 3 is 2.92 bits per heavy atom. The van der Waals surface area contributed by atoms with E-state index in [1.54, 1.807) is 0 Å². The van der Waals surface area contributed by atoms with Crippen LogP contribution < -0.4 is 0 Å². The second kappa shape index (κ2) is 2.72. The lowest BCUT2D eigenvalue weighted by Gasteiger charge is -1.98. The minimum absolute atomic E-state index is 0.232. The molecule has 0 aromatic carbocycles. The van der Waals surface area contributed by atoms with Crippen LogP contribution in [0.1, 0.15) is 30.0 Å². The molecule has 0 bridgehead atoms. The first-order chi connectivity index (χ1) is 5.81. The number of nitriles is 1. The number of halogens is 1. The summed E-state index contributed by atoms with van der Waals surface area (Å²) in [5.74, 6) is 0.445. The maximum absolute atomic E-state index is 8.71.